The van der Waals surface area contributed by atoms with Gasteiger partial charge in [0.2, 0.25) is 0 Å². The first kappa shape index (κ1) is 18.4. The maximum Gasteiger partial charge on any atom is 0.0724 e. The van der Waals surface area contributed by atoms with Crippen LogP contribution < -0.4 is 0 Å². The van der Waals surface area contributed by atoms with Crippen LogP contribution in [0.2, 0.25) is 0 Å². The van der Waals surface area contributed by atoms with Crippen molar-refractivity contribution in [1.29, 1.82) is 0 Å². The van der Waals surface area contributed by atoms with Gasteiger partial charge in [0.25, 0.3) is 0 Å². The Kier molecular flexibility index (Phi) is 9.03. The van der Waals surface area contributed by atoms with Crippen molar-refractivity contribution in [2.75, 3.05) is 21.3 Å². The molecule has 3 unspecified atom stereocenters. The standard InChI is InChI=1S/C15H26O.C2H6O/c1-6-15(4)11-7-8-12(2)14(15)10-9-13(3)16-5;1-3-2/h8-10,13-14H,6-7,11H2,1-5H3;1-2H3/b10-9+;. The van der Waals surface area contributed by atoms with E-state index in [1.807, 2.05) is 0 Å². The molecule has 112 valence electrons. The summed E-state index contributed by atoms with van der Waals surface area (Å²) in [5, 5.41) is 0. The van der Waals surface area contributed by atoms with Gasteiger partial charge in [-0.15, -0.1) is 0 Å². The highest BCUT2D eigenvalue weighted by Crippen LogP contribution is 2.44. The molecule has 0 aromatic heterocycles. The molecule has 0 radical (unpaired) electrons. The van der Waals surface area contributed by atoms with Crippen molar-refractivity contribution < 1.29 is 9.47 Å². The Morgan fingerprint density at radius 2 is 2.00 bits per heavy atom. The summed E-state index contributed by atoms with van der Waals surface area (Å²) < 4.78 is 9.52. The van der Waals surface area contributed by atoms with E-state index in [2.05, 4.69) is 50.7 Å². The summed E-state index contributed by atoms with van der Waals surface area (Å²) in [5.74, 6) is 0.587. The Hall–Kier alpha value is -0.600. The van der Waals surface area contributed by atoms with Crippen LogP contribution in [0.3, 0.4) is 0 Å². The molecule has 3 atom stereocenters. The Balaban J connectivity index is 0.000000982. The largest absolute Gasteiger partial charge is 0.388 e. The second-order valence-electron chi connectivity index (χ2n) is 5.71. The molecule has 0 aromatic rings. The Bertz CT molecular complexity index is 294. The Labute approximate surface area is 119 Å². The normalized spacial score (nSPS) is 28.6. The zero-order chi connectivity index (χ0) is 14.9. The molecule has 0 heterocycles. The average Bonchev–Trinajstić information content (AvgIpc) is 2.38. The molecule has 0 saturated heterocycles. The minimum absolute atomic E-state index is 0.218. The summed E-state index contributed by atoms with van der Waals surface area (Å²) >= 11 is 0. The van der Waals surface area contributed by atoms with Crippen LogP contribution in [0.1, 0.15) is 47.0 Å². The van der Waals surface area contributed by atoms with Crippen molar-refractivity contribution in [3.8, 4) is 0 Å². The van der Waals surface area contributed by atoms with E-state index in [9.17, 15) is 0 Å². The highest BCUT2D eigenvalue weighted by Gasteiger charge is 2.33. The first-order chi connectivity index (χ1) is 8.95. The molecule has 2 heteroatoms. The van der Waals surface area contributed by atoms with Crippen LogP contribution in [0.15, 0.2) is 23.8 Å². The summed E-state index contributed by atoms with van der Waals surface area (Å²) in [6, 6.07) is 0. The lowest BCUT2D eigenvalue weighted by atomic mass is 9.66. The number of ether oxygens (including phenoxy) is 2. The Morgan fingerprint density at radius 1 is 1.42 bits per heavy atom. The molecule has 0 spiro atoms. The zero-order valence-electron chi connectivity index (χ0n) is 13.8. The van der Waals surface area contributed by atoms with Gasteiger partial charge in [-0.25, -0.2) is 0 Å². The molecular formula is C17H32O2. The van der Waals surface area contributed by atoms with Crippen LogP contribution in [-0.4, -0.2) is 27.4 Å². The SMILES string of the molecule is CCC1(C)CCC=C(C)C1/C=C/C(C)OC.COC. The van der Waals surface area contributed by atoms with Gasteiger partial charge in [-0.1, -0.05) is 37.6 Å². The molecule has 1 aliphatic carbocycles. The molecule has 0 bridgehead atoms. The third kappa shape index (κ3) is 5.92. The van der Waals surface area contributed by atoms with Crippen molar-refractivity contribution in [3.05, 3.63) is 23.8 Å². The molecule has 2 nitrogen and oxygen atoms in total. The molecule has 0 amide bonds. The third-order valence-corrected chi connectivity index (χ3v) is 4.18. The second-order valence-corrected chi connectivity index (χ2v) is 5.71. The highest BCUT2D eigenvalue weighted by atomic mass is 16.5. The third-order valence-electron chi connectivity index (χ3n) is 4.18. The monoisotopic (exact) mass is 268 g/mol. The van der Waals surface area contributed by atoms with E-state index in [-0.39, 0.29) is 6.10 Å². The molecule has 19 heavy (non-hydrogen) atoms. The summed E-state index contributed by atoms with van der Waals surface area (Å²) in [6.07, 6.45) is 10.9. The Morgan fingerprint density at radius 3 is 2.47 bits per heavy atom. The number of allylic oxidation sites excluding steroid dienone is 3. The summed E-state index contributed by atoms with van der Waals surface area (Å²) in [7, 11) is 5.01. The lowest BCUT2D eigenvalue weighted by molar-refractivity contribution is 0.154. The van der Waals surface area contributed by atoms with E-state index in [0.717, 1.165) is 0 Å². The first-order valence-corrected chi connectivity index (χ1v) is 7.23. The van der Waals surface area contributed by atoms with E-state index in [4.69, 9.17) is 4.74 Å². The van der Waals surface area contributed by atoms with Crippen LogP contribution in [0.5, 0.6) is 0 Å². The predicted molar refractivity (Wildman–Crippen MR) is 83.4 cm³/mol. The lowest BCUT2D eigenvalue weighted by Crippen LogP contribution is -2.29. The molecule has 0 N–H and O–H groups in total. The molecule has 0 aromatic carbocycles. The lowest BCUT2D eigenvalue weighted by Gasteiger charge is -2.39. The van der Waals surface area contributed by atoms with Crippen molar-refractivity contribution in [2.45, 2.75) is 53.1 Å². The van der Waals surface area contributed by atoms with Crippen molar-refractivity contribution in [3.63, 3.8) is 0 Å². The van der Waals surface area contributed by atoms with Gasteiger partial charge in [0, 0.05) is 27.2 Å². The quantitative estimate of drug-likeness (QED) is 0.693. The summed E-state index contributed by atoms with van der Waals surface area (Å²) in [5.41, 5.74) is 1.96. The maximum atomic E-state index is 5.27. The number of hydrogen-bond donors (Lipinski definition) is 0. The van der Waals surface area contributed by atoms with Crippen LogP contribution in [0, 0.1) is 11.3 Å². The average molecular weight is 268 g/mol. The number of methoxy groups -OCH3 is 2. The second kappa shape index (κ2) is 9.33. The van der Waals surface area contributed by atoms with E-state index < -0.39 is 0 Å². The zero-order valence-corrected chi connectivity index (χ0v) is 13.8. The smallest absolute Gasteiger partial charge is 0.0724 e. The van der Waals surface area contributed by atoms with Gasteiger partial charge in [0.05, 0.1) is 6.10 Å². The van der Waals surface area contributed by atoms with E-state index >= 15 is 0 Å². The fraction of sp³-hybridized carbons (Fsp3) is 0.765. The van der Waals surface area contributed by atoms with E-state index in [1.165, 1.54) is 24.8 Å². The van der Waals surface area contributed by atoms with Crippen molar-refractivity contribution in [1.82, 2.24) is 0 Å². The van der Waals surface area contributed by atoms with Crippen molar-refractivity contribution >= 4 is 0 Å². The van der Waals surface area contributed by atoms with Gasteiger partial charge >= 0.3 is 0 Å². The molecular weight excluding hydrogens is 236 g/mol. The minimum Gasteiger partial charge on any atom is -0.388 e. The minimum atomic E-state index is 0.218. The first-order valence-electron chi connectivity index (χ1n) is 7.23. The molecule has 1 aliphatic rings. The number of hydrogen-bond acceptors (Lipinski definition) is 2. The highest BCUT2D eigenvalue weighted by molar-refractivity contribution is 5.19. The fourth-order valence-electron chi connectivity index (χ4n) is 2.59. The molecule has 0 saturated carbocycles. The van der Waals surface area contributed by atoms with Gasteiger partial charge in [-0.05, 0) is 38.5 Å². The number of rotatable bonds is 4. The maximum absolute atomic E-state index is 5.27. The van der Waals surface area contributed by atoms with Crippen LogP contribution in [0.25, 0.3) is 0 Å². The topological polar surface area (TPSA) is 18.5 Å². The van der Waals surface area contributed by atoms with Gasteiger partial charge < -0.3 is 9.47 Å². The van der Waals surface area contributed by atoms with E-state index in [0.29, 0.717) is 11.3 Å². The van der Waals surface area contributed by atoms with Gasteiger partial charge in [-0.3, -0.25) is 0 Å². The van der Waals surface area contributed by atoms with Gasteiger partial charge in [0.15, 0.2) is 0 Å². The molecule has 0 aliphatic heterocycles. The summed E-state index contributed by atoms with van der Waals surface area (Å²) in [4.78, 5) is 0. The molecule has 1 rings (SSSR count). The van der Waals surface area contributed by atoms with Gasteiger partial charge in [0.1, 0.15) is 0 Å². The van der Waals surface area contributed by atoms with E-state index in [1.54, 1.807) is 21.3 Å². The molecule has 0 fully saturated rings. The fourth-order valence-corrected chi connectivity index (χ4v) is 2.59. The van der Waals surface area contributed by atoms with Crippen LogP contribution >= 0.6 is 0 Å². The van der Waals surface area contributed by atoms with Crippen LogP contribution in [-0.2, 0) is 9.47 Å². The van der Waals surface area contributed by atoms with Crippen molar-refractivity contribution in [2.24, 2.45) is 11.3 Å². The summed E-state index contributed by atoms with van der Waals surface area (Å²) in [6.45, 7) is 9.07. The predicted octanol–water partition coefficient (Wildman–Crippen LogP) is 4.61. The van der Waals surface area contributed by atoms with Gasteiger partial charge in [-0.2, -0.15) is 0 Å². The van der Waals surface area contributed by atoms with Crippen LogP contribution in [0.4, 0.5) is 0 Å².